The molecule has 150 valence electrons. The second-order valence-corrected chi connectivity index (χ2v) is 7.96. The molecule has 0 bridgehead atoms. The number of carbonyl (C=O) groups excluding carboxylic acids is 1. The Kier molecular flexibility index (Phi) is 4.58. The number of imidazole rings is 1. The summed E-state index contributed by atoms with van der Waals surface area (Å²) in [4.78, 5) is 22.3. The molecule has 1 atom stereocenters. The molecular weight excluding hydrogens is 372 g/mol. The Labute approximate surface area is 175 Å². The first-order valence-corrected chi connectivity index (χ1v) is 10.4. The van der Waals surface area contributed by atoms with Gasteiger partial charge in [0, 0.05) is 11.8 Å². The van der Waals surface area contributed by atoms with Gasteiger partial charge in [0.1, 0.15) is 11.3 Å². The van der Waals surface area contributed by atoms with Gasteiger partial charge in [-0.15, -0.1) is 0 Å². The molecule has 0 radical (unpaired) electrons. The molecule has 2 heterocycles. The van der Waals surface area contributed by atoms with E-state index in [2.05, 4.69) is 33.5 Å². The molecule has 4 aromatic rings. The van der Waals surface area contributed by atoms with E-state index in [0.717, 1.165) is 47.5 Å². The maximum absolute atomic E-state index is 13.2. The van der Waals surface area contributed by atoms with Crippen molar-refractivity contribution in [2.24, 2.45) is 0 Å². The van der Waals surface area contributed by atoms with Crippen LogP contribution in [0.25, 0.3) is 16.9 Å². The lowest BCUT2D eigenvalue weighted by molar-refractivity contribution is 0.0932. The number of carbonyl (C=O) groups is 1. The fourth-order valence-electron chi connectivity index (χ4n) is 4.45. The first-order chi connectivity index (χ1) is 14.6. The second kappa shape index (κ2) is 7.41. The van der Waals surface area contributed by atoms with E-state index in [0.29, 0.717) is 5.56 Å². The number of rotatable bonds is 3. The molecule has 1 N–H and O–H groups in total. The van der Waals surface area contributed by atoms with Gasteiger partial charge in [-0.25, -0.2) is 9.97 Å². The van der Waals surface area contributed by atoms with Gasteiger partial charge in [-0.1, -0.05) is 30.3 Å². The average Bonchev–Trinajstić information content (AvgIpc) is 3.10. The minimum absolute atomic E-state index is 0.0482. The third-order valence-corrected chi connectivity index (χ3v) is 5.97. The van der Waals surface area contributed by atoms with Crippen molar-refractivity contribution < 1.29 is 4.79 Å². The third-order valence-electron chi connectivity index (χ3n) is 5.97. The van der Waals surface area contributed by atoms with E-state index in [9.17, 15) is 4.79 Å². The van der Waals surface area contributed by atoms with Crippen LogP contribution in [-0.2, 0) is 6.42 Å². The molecule has 5 nitrogen and oxygen atoms in total. The molecule has 5 heteroatoms. The summed E-state index contributed by atoms with van der Waals surface area (Å²) in [7, 11) is 0. The van der Waals surface area contributed by atoms with Crippen molar-refractivity contribution in [3.63, 3.8) is 0 Å². The van der Waals surface area contributed by atoms with Crippen molar-refractivity contribution in [1.29, 1.82) is 0 Å². The lowest BCUT2D eigenvalue weighted by Gasteiger charge is -2.26. The van der Waals surface area contributed by atoms with E-state index < -0.39 is 0 Å². The van der Waals surface area contributed by atoms with Crippen molar-refractivity contribution in [3.8, 4) is 5.69 Å². The van der Waals surface area contributed by atoms with Gasteiger partial charge in [-0.3, -0.25) is 9.36 Å². The highest BCUT2D eigenvalue weighted by molar-refractivity contribution is 5.95. The van der Waals surface area contributed by atoms with Crippen molar-refractivity contribution in [2.75, 3.05) is 0 Å². The molecule has 1 aliphatic rings. The number of hydrogen-bond donors (Lipinski definition) is 1. The number of nitrogens with zero attached hydrogens (tertiary/aromatic N) is 3. The van der Waals surface area contributed by atoms with Crippen LogP contribution >= 0.6 is 0 Å². The number of pyridine rings is 1. The molecule has 1 unspecified atom stereocenters. The fourth-order valence-corrected chi connectivity index (χ4v) is 4.45. The van der Waals surface area contributed by atoms with E-state index in [-0.39, 0.29) is 11.9 Å². The van der Waals surface area contributed by atoms with Crippen LogP contribution in [-0.4, -0.2) is 20.4 Å². The quantitative estimate of drug-likeness (QED) is 0.539. The topological polar surface area (TPSA) is 59.8 Å². The Morgan fingerprint density at radius 1 is 1.10 bits per heavy atom. The Hall–Kier alpha value is -3.47. The van der Waals surface area contributed by atoms with E-state index >= 15 is 0 Å². The van der Waals surface area contributed by atoms with Gasteiger partial charge in [0.05, 0.1) is 11.7 Å². The summed E-state index contributed by atoms with van der Waals surface area (Å²) < 4.78 is 2.03. The first-order valence-electron chi connectivity index (χ1n) is 10.4. The summed E-state index contributed by atoms with van der Waals surface area (Å²) in [6.45, 7) is 4.01. The molecule has 0 saturated heterocycles. The molecule has 2 aromatic heterocycles. The van der Waals surface area contributed by atoms with Crippen LogP contribution in [0.3, 0.4) is 0 Å². The Morgan fingerprint density at radius 2 is 1.97 bits per heavy atom. The van der Waals surface area contributed by atoms with Crippen LogP contribution in [0.5, 0.6) is 0 Å². The highest BCUT2D eigenvalue weighted by atomic mass is 16.1. The summed E-state index contributed by atoms with van der Waals surface area (Å²) in [5.74, 6) is 0.804. The molecule has 0 spiro atoms. The maximum Gasteiger partial charge on any atom is 0.251 e. The highest BCUT2D eigenvalue weighted by Crippen LogP contribution is 2.30. The third kappa shape index (κ3) is 3.16. The zero-order chi connectivity index (χ0) is 20.7. The highest BCUT2D eigenvalue weighted by Gasteiger charge is 2.22. The summed E-state index contributed by atoms with van der Waals surface area (Å²) in [5, 5.41) is 3.26. The van der Waals surface area contributed by atoms with Crippen LogP contribution < -0.4 is 5.32 Å². The monoisotopic (exact) mass is 396 g/mol. The summed E-state index contributed by atoms with van der Waals surface area (Å²) in [5.41, 5.74) is 6.89. The minimum atomic E-state index is -0.0482. The van der Waals surface area contributed by atoms with Gasteiger partial charge in [0.2, 0.25) is 0 Å². The van der Waals surface area contributed by atoms with Crippen LogP contribution in [0.15, 0.2) is 60.8 Å². The summed E-state index contributed by atoms with van der Waals surface area (Å²) in [6.07, 6.45) is 4.91. The fraction of sp³-hybridized carbons (Fsp3) is 0.240. The SMILES string of the molecule is Cc1ccc(C(=O)NC2CCCc3ccccc32)cc1-n1c(C)nc2cccnc21. The van der Waals surface area contributed by atoms with Gasteiger partial charge >= 0.3 is 0 Å². The van der Waals surface area contributed by atoms with Gasteiger partial charge in [0.15, 0.2) is 5.65 Å². The number of aromatic nitrogens is 3. The Balaban J connectivity index is 1.50. The van der Waals surface area contributed by atoms with Crippen LogP contribution in [0, 0.1) is 13.8 Å². The van der Waals surface area contributed by atoms with Crippen molar-refractivity contribution in [1.82, 2.24) is 19.9 Å². The lowest BCUT2D eigenvalue weighted by Crippen LogP contribution is -2.31. The molecule has 0 aliphatic heterocycles. The number of amides is 1. The van der Waals surface area contributed by atoms with Crippen LogP contribution in [0.1, 0.15) is 51.8 Å². The maximum atomic E-state index is 13.2. The molecule has 2 aromatic carbocycles. The molecule has 1 aliphatic carbocycles. The predicted molar refractivity (Wildman–Crippen MR) is 118 cm³/mol. The molecule has 5 rings (SSSR count). The smallest absolute Gasteiger partial charge is 0.251 e. The number of benzene rings is 2. The number of fused-ring (bicyclic) bond motifs is 2. The standard InChI is InChI=1S/C25H24N4O/c1-16-12-13-19(15-23(16)29-17(2)27-22-11-6-14-26-24(22)29)25(30)28-21-10-5-8-18-7-3-4-9-20(18)21/h3-4,6-7,9,11-15,21H,5,8,10H2,1-2H3,(H,28,30). The number of nitrogens with one attached hydrogen (secondary N) is 1. The molecule has 0 fully saturated rings. The number of hydrogen-bond acceptors (Lipinski definition) is 3. The predicted octanol–water partition coefficient (Wildman–Crippen LogP) is 4.84. The normalized spacial score (nSPS) is 15.7. The van der Waals surface area contributed by atoms with E-state index in [1.165, 1.54) is 11.1 Å². The summed E-state index contributed by atoms with van der Waals surface area (Å²) in [6, 6.07) is 18.2. The average molecular weight is 396 g/mol. The van der Waals surface area contributed by atoms with Crippen LogP contribution in [0.4, 0.5) is 0 Å². The second-order valence-electron chi connectivity index (χ2n) is 7.96. The Morgan fingerprint density at radius 3 is 2.87 bits per heavy atom. The first kappa shape index (κ1) is 18.6. The van der Waals surface area contributed by atoms with Crippen molar-refractivity contribution >= 4 is 17.1 Å². The van der Waals surface area contributed by atoms with Crippen molar-refractivity contribution in [3.05, 3.63) is 88.9 Å². The number of aryl methyl sites for hydroxylation is 3. The summed E-state index contributed by atoms with van der Waals surface area (Å²) >= 11 is 0. The van der Waals surface area contributed by atoms with Gasteiger partial charge in [-0.05, 0) is 74.1 Å². The lowest BCUT2D eigenvalue weighted by atomic mass is 9.87. The van der Waals surface area contributed by atoms with E-state index in [1.807, 2.05) is 54.8 Å². The van der Waals surface area contributed by atoms with Crippen molar-refractivity contribution in [2.45, 2.75) is 39.2 Å². The van der Waals surface area contributed by atoms with Gasteiger partial charge in [-0.2, -0.15) is 0 Å². The van der Waals surface area contributed by atoms with E-state index in [1.54, 1.807) is 6.20 Å². The zero-order valence-corrected chi connectivity index (χ0v) is 17.2. The Bertz CT molecular complexity index is 1260. The van der Waals surface area contributed by atoms with Gasteiger partial charge < -0.3 is 5.32 Å². The molecule has 0 saturated carbocycles. The molecular formula is C25H24N4O. The van der Waals surface area contributed by atoms with Crippen LogP contribution in [0.2, 0.25) is 0 Å². The zero-order valence-electron chi connectivity index (χ0n) is 17.2. The minimum Gasteiger partial charge on any atom is -0.345 e. The molecule has 30 heavy (non-hydrogen) atoms. The molecule has 1 amide bonds. The largest absolute Gasteiger partial charge is 0.345 e. The van der Waals surface area contributed by atoms with E-state index in [4.69, 9.17) is 0 Å². The van der Waals surface area contributed by atoms with Gasteiger partial charge in [0.25, 0.3) is 5.91 Å².